The standard InChI is InChI=1S/C22H28N4O4S/c27-22(30-18-19-7-2-1-3-8-19)25-12-6-9-20(17-25)31(28,29)26-15-13-24(14-16-26)21-10-4-5-11-23-21/h1-5,7-8,10-11,20H,6,9,12-18H2/t20-/m1/s1. The number of piperidine rings is 1. The van der Waals surface area contributed by atoms with Crippen molar-refractivity contribution in [1.82, 2.24) is 14.2 Å². The lowest BCUT2D eigenvalue weighted by Gasteiger charge is -2.38. The molecular formula is C22H28N4O4S. The number of anilines is 1. The molecule has 0 spiro atoms. The quantitative estimate of drug-likeness (QED) is 0.704. The van der Waals surface area contributed by atoms with Gasteiger partial charge in [-0.3, -0.25) is 0 Å². The van der Waals surface area contributed by atoms with E-state index in [1.165, 1.54) is 4.90 Å². The van der Waals surface area contributed by atoms with E-state index < -0.39 is 21.4 Å². The van der Waals surface area contributed by atoms with Crippen molar-refractivity contribution < 1.29 is 17.9 Å². The molecule has 0 bridgehead atoms. The first-order chi connectivity index (χ1) is 15.0. The molecule has 9 heteroatoms. The fraction of sp³-hybridized carbons (Fsp3) is 0.455. The molecule has 8 nitrogen and oxygen atoms in total. The molecule has 2 aliphatic heterocycles. The van der Waals surface area contributed by atoms with Gasteiger partial charge in [0.1, 0.15) is 12.4 Å². The molecule has 31 heavy (non-hydrogen) atoms. The first-order valence-corrected chi connectivity index (χ1v) is 12.1. The monoisotopic (exact) mass is 444 g/mol. The number of carbonyl (C=O) groups is 1. The normalized spacial score (nSPS) is 20.5. The minimum atomic E-state index is -3.49. The summed E-state index contributed by atoms with van der Waals surface area (Å²) in [6.07, 6.45) is 2.50. The Morgan fingerprint density at radius 2 is 1.74 bits per heavy atom. The summed E-state index contributed by atoms with van der Waals surface area (Å²) in [7, 11) is -3.49. The number of aromatic nitrogens is 1. The Morgan fingerprint density at radius 3 is 2.45 bits per heavy atom. The average Bonchev–Trinajstić information content (AvgIpc) is 2.84. The third-order valence-electron chi connectivity index (χ3n) is 5.83. The van der Waals surface area contributed by atoms with Gasteiger partial charge in [0.15, 0.2) is 0 Å². The lowest BCUT2D eigenvalue weighted by Crippen LogP contribution is -2.54. The number of benzene rings is 1. The van der Waals surface area contributed by atoms with Crippen molar-refractivity contribution in [3.8, 4) is 0 Å². The van der Waals surface area contributed by atoms with Crippen LogP contribution in [0.2, 0.25) is 0 Å². The molecule has 0 radical (unpaired) electrons. The molecule has 2 fully saturated rings. The maximum atomic E-state index is 13.2. The van der Waals surface area contributed by atoms with Crippen LogP contribution in [0.25, 0.3) is 0 Å². The molecule has 2 aliphatic rings. The summed E-state index contributed by atoms with van der Waals surface area (Å²) in [6, 6.07) is 15.2. The second kappa shape index (κ2) is 9.65. The fourth-order valence-corrected chi connectivity index (χ4v) is 6.01. The Kier molecular flexibility index (Phi) is 6.72. The lowest BCUT2D eigenvalue weighted by molar-refractivity contribution is 0.0896. The molecular weight excluding hydrogens is 416 g/mol. The van der Waals surface area contributed by atoms with E-state index in [0.29, 0.717) is 45.6 Å². The van der Waals surface area contributed by atoms with Gasteiger partial charge in [0.2, 0.25) is 10.0 Å². The molecule has 0 saturated carbocycles. The predicted octanol–water partition coefficient (Wildman–Crippen LogP) is 2.33. The predicted molar refractivity (Wildman–Crippen MR) is 118 cm³/mol. The maximum Gasteiger partial charge on any atom is 0.410 e. The number of nitrogens with zero attached hydrogens (tertiary/aromatic N) is 4. The molecule has 0 unspecified atom stereocenters. The zero-order valence-corrected chi connectivity index (χ0v) is 18.3. The van der Waals surface area contributed by atoms with Gasteiger partial charge in [-0.2, -0.15) is 4.31 Å². The van der Waals surface area contributed by atoms with Crippen molar-refractivity contribution in [2.75, 3.05) is 44.2 Å². The van der Waals surface area contributed by atoms with Gasteiger partial charge >= 0.3 is 6.09 Å². The maximum absolute atomic E-state index is 13.2. The van der Waals surface area contributed by atoms with Crippen molar-refractivity contribution in [2.45, 2.75) is 24.7 Å². The van der Waals surface area contributed by atoms with Crippen LogP contribution in [0.3, 0.4) is 0 Å². The van der Waals surface area contributed by atoms with Crippen molar-refractivity contribution in [3.05, 3.63) is 60.3 Å². The van der Waals surface area contributed by atoms with E-state index in [-0.39, 0.29) is 13.2 Å². The molecule has 1 aromatic carbocycles. The highest BCUT2D eigenvalue weighted by molar-refractivity contribution is 7.89. The van der Waals surface area contributed by atoms with Gasteiger partial charge in [-0.25, -0.2) is 18.2 Å². The summed E-state index contributed by atoms with van der Waals surface area (Å²) in [5, 5.41) is -0.591. The van der Waals surface area contributed by atoms with Gasteiger partial charge in [0.05, 0.1) is 5.25 Å². The zero-order valence-electron chi connectivity index (χ0n) is 17.5. The molecule has 1 aromatic heterocycles. The van der Waals surface area contributed by atoms with Crippen LogP contribution in [-0.4, -0.2) is 73.2 Å². The van der Waals surface area contributed by atoms with Gasteiger partial charge in [0.25, 0.3) is 0 Å². The van der Waals surface area contributed by atoms with Crippen LogP contribution in [0.4, 0.5) is 10.6 Å². The Morgan fingerprint density at radius 1 is 1.00 bits per heavy atom. The van der Waals surface area contributed by atoms with Crippen LogP contribution in [-0.2, 0) is 21.4 Å². The Bertz CT molecular complexity index is 964. The summed E-state index contributed by atoms with van der Waals surface area (Å²) in [6.45, 7) is 2.94. The molecule has 4 rings (SSSR count). The summed E-state index contributed by atoms with van der Waals surface area (Å²) in [5.41, 5.74) is 0.905. The molecule has 0 aliphatic carbocycles. The van der Waals surface area contributed by atoms with Crippen LogP contribution in [0, 0.1) is 0 Å². The van der Waals surface area contributed by atoms with Crippen LogP contribution >= 0.6 is 0 Å². The minimum absolute atomic E-state index is 0.177. The summed E-state index contributed by atoms with van der Waals surface area (Å²) < 4.78 is 33.5. The Balaban J connectivity index is 1.32. The highest BCUT2D eigenvalue weighted by atomic mass is 32.2. The fourth-order valence-electron chi connectivity index (χ4n) is 4.08. The topological polar surface area (TPSA) is 83.0 Å². The average molecular weight is 445 g/mol. The smallest absolute Gasteiger partial charge is 0.410 e. The Hall–Kier alpha value is -2.65. The van der Waals surface area contributed by atoms with E-state index in [2.05, 4.69) is 9.88 Å². The van der Waals surface area contributed by atoms with Gasteiger partial charge in [-0.1, -0.05) is 36.4 Å². The molecule has 166 valence electrons. The zero-order chi connectivity index (χ0) is 21.7. The number of hydrogen-bond donors (Lipinski definition) is 0. The van der Waals surface area contributed by atoms with Crippen molar-refractivity contribution in [3.63, 3.8) is 0 Å². The van der Waals surface area contributed by atoms with Crippen LogP contribution in [0.1, 0.15) is 18.4 Å². The van der Waals surface area contributed by atoms with Crippen LogP contribution < -0.4 is 4.90 Å². The Labute approximate surface area is 183 Å². The van der Waals surface area contributed by atoms with Gasteiger partial charge in [-0.15, -0.1) is 0 Å². The lowest BCUT2D eigenvalue weighted by atomic mass is 10.1. The third-order valence-corrected chi connectivity index (χ3v) is 8.15. The van der Waals surface area contributed by atoms with Gasteiger partial charge in [0, 0.05) is 45.5 Å². The molecule has 0 N–H and O–H groups in total. The number of hydrogen-bond acceptors (Lipinski definition) is 6. The van der Waals surface area contributed by atoms with E-state index >= 15 is 0 Å². The van der Waals surface area contributed by atoms with E-state index in [1.54, 1.807) is 10.5 Å². The number of amides is 1. The van der Waals surface area contributed by atoms with Crippen molar-refractivity contribution >= 4 is 21.9 Å². The summed E-state index contributed by atoms with van der Waals surface area (Å²) >= 11 is 0. The summed E-state index contributed by atoms with van der Waals surface area (Å²) in [4.78, 5) is 20.5. The minimum Gasteiger partial charge on any atom is -0.445 e. The number of ether oxygens (including phenoxy) is 1. The van der Waals surface area contributed by atoms with Crippen molar-refractivity contribution in [2.24, 2.45) is 0 Å². The first kappa shape index (κ1) is 21.6. The number of carbonyl (C=O) groups excluding carboxylic acids is 1. The van der Waals surface area contributed by atoms with E-state index in [1.807, 2.05) is 48.5 Å². The van der Waals surface area contributed by atoms with Gasteiger partial charge in [-0.05, 0) is 30.5 Å². The first-order valence-electron chi connectivity index (χ1n) is 10.6. The van der Waals surface area contributed by atoms with E-state index in [4.69, 9.17) is 4.74 Å². The molecule has 2 saturated heterocycles. The molecule has 2 aromatic rings. The highest BCUT2D eigenvalue weighted by Crippen LogP contribution is 2.23. The second-order valence-corrected chi connectivity index (χ2v) is 10.1. The van der Waals surface area contributed by atoms with E-state index in [9.17, 15) is 13.2 Å². The summed E-state index contributed by atoms with van der Waals surface area (Å²) in [5.74, 6) is 0.865. The molecule has 1 amide bonds. The largest absolute Gasteiger partial charge is 0.445 e. The van der Waals surface area contributed by atoms with Gasteiger partial charge < -0.3 is 14.5 Å². The van der Waals surface area contributed by atoms with Crippen molar-refractivity contribution in [1.29, 1.82) is 0 Å². The number of likely N-dealkylation sites (tertiary alicyclic amines) is 1. The highest BCUT2D eigenvalue weighted by Gasteiger charge is 2.38. The number of rotatable bonds is 5. The SMILES string of the molecule is O=C(OCc1ccccc1)N1CCC[C@@H](S(=O)(=O)N2CCN(c3ccccn3)CC2)C1. The number of sulfonamides is 1. The van der Waals surface area contributed by atoms with Crippen LogP contribution in [0.15, 0.2) is 54.7 Å². The molecule has 3 heterocycles. The second-order valence-electron chi connectivity index (χ2n) is 7.87. The van der Waals surface area contributed by atoms with E-state index in [0.717, 1.165) is 11.4 Å². The van der Waals surface area contributed by atoms with Crippen LogP contribution in [0.5, 0.6) is 0 Å². The number of piperazine rings is 1. The molecule has 1 atom stereocenters. The third kappa shape index (κ3) is 5.16. The number of pyridine rings is 1.